The van der Waals surface area contributed by atoms with E-state index in [1.54, 1.807) is 6.07 Å². The van der Waals surface area contributed by atoms with Crippen LogP contribution in [0.15, 0.2) is 42.5 Å². The van der Waals surface area contributed by atoms with E-state index in [4.69, 9.17) is 5.73 Å². The Morgan fingerprint density at radius 2 is 1.74 bits per heavy atom. The Morgan fingerprint density at radius 1 is 1.05 bits per heavy atom. The number of halogens is 1. The van der Waals surface area contributed by atoms with Crippen LogP contribution in [0.4, 0.5) is 10.1 Å². The van der Waals surface area contributed by atoms with Crippen molar-refractivity contribution in [2.75, 3.05) is 12.8 Å². The minimum atomic E-state index is -0.289. The molecule has 0 amide bonds. The first-order valence-corrected chi connectivity index (χ1v) is 6.32. The van der Waals surface area contributed by atoms with Crippen molar-refractivity contribution in [2.45, 2.75) is 20.0 Å². The first-order valence-electron chi connectivity index (χ1n) is 6.32. The van der Waals surface area contributed by atoms with Gasteiger partial charge in [-0.15, -0.1) is 0 Å². The summed E-state index contributed by atoms with van der Waals surface area (Å²) in [6, 6.07) is 13.0. The summed E-state index contributed by atoms with van der Waals surface area (Å²) in [5.74, 6) is -0.289. The SMILES string of the molecule is Cc1ccc(CN(C)Cc2ccc(F)cc2N)cc1. The maximum atomic E-state index is 13.0. The van der Waals surface area contributed by atoms with E-state index in [2.05, 4.69) is 36.1 Å². The van der Waals surface area contributed by atoms with Gasteiger partial charge >= 0.3 is 0 Å². The van der Waals surface area contributed by atoms with Gasteiger partial charge in [0.2, 0.25) is 0 Å². The molecule has 0 atom stereocenters. The quantitative estimate of drug-likeness (QED) is 0.852. The summed E-state index contributed by atoms with van der Waals surface area (Å²) in [5.41, 5.74) is 9.80. The van der Waals surface area contributed by atoms with E-state index in [0.29, 0.717) is 12.2 Å². The minimum Gasteiger partial charge on any atom is -0.398 e. The first-order chi connectivity index (χ1) is 9.04. The van der Waals surface area contributed by atoms with Crippen molar-refractivity contribution in [1.82, 2.24) is 4.90 Å². The van der Waals surface area contributed by atoms with Crippen molar-refractivity contribution in [2.24, 2.45) is 0 Å². The lowest BCUT2D eigenvalue weighted by Gasteiger charge is -2.18. The molecule has 19 heavy (non-hydrogen) atoms. The smallest absolute Gasteiger partial charge is 0.125 e. The van der Waals surface area contributed by atoms with Gasteiger partial charge in [-0.25, -0.2) is 4.39 Å². The molecule has 0 radical (unpaired) electrons. The van der Waals surface area contributed by atoms with Crippen LogP contribution in [0.3, 0.4) is 0 Å². The Morgan fingerprint density at radius 3 is 2.37 bits per heavy atom. The van der Waals surface area contributed by atoms with Crippen LogP contribution >= 0.6 is 0 Å². The van der Waals surface area contributed by atoms with Gasteiger partial charge in [0.25, 0.3) is 0 Å². The van der Waals surface area contributed by atoms with Crippen molar-refractivity contribution in [3.63, 3.8) is 0 Å². The Labute approximate surface area is 113 Å². The van der Waals surface area contributed by atoms with E-state index in [9.17, 15) is 4.39 Å². The molecule has 0 saturated carbocycles. The van der Waals surface area contributed by atoms with Crippen LogP contribution in [0.25, 0.3) is 0 Å². The summed E-state index contributed by atoms with van der Waals surface area (Å²) in [5, 5.41) is 0. The second kappa shape index (κ2) is 5.85. The highest BCUT2D eigenvalue weighted by molar-refractivity contribution is 5.46. The number of nitrogens with zero attached hydrogens (tertiary/aromatic N) is 1. The Balaban J connectivity index is 2.01. The number of nitrogen functional groups attached to an aromatic ring is 1. The van der Waals surface area contributed by atoms with E-state index in [0.717, 1.165) is 12.1 Å². The molecule has 2 rings (SSSR count). The van der Waals surface area contributed by atoms with Gasteiger partial charge in [-0.1, -0.05) is 35.9 Å². The van der Waals surface area contributed by atoms with Crippen LogP contribution in [0.1, 0.15) is 16.7 Å². The van der Waals surface area contributed by atoms with E-state index in [1.807, 2.05) is 7.05 Å². The maximum Gasteiger partial charge on any atom is 0.125 e. The van der Waals surface area contributed by atoms with Gasteiger partial charge in [-0.3, -0.25) is 4.90 Å². The fourth-order valence-corrected chi connectivity index (χ4v) is 2.06. The summed E-state index contributed by atoms with van der Waals surface area (Å²) in [6.45, 7) is 3.63. The Kier molecular flexibility index (Phi) is 4.17. The summed E-state index contributed by atoms with van der Waals surface area (Å²) in [4.78, 5) is 2.16. The molecule has 3 heteroatoms. The van der Waals surface area contributed by atoms with Crippen LogP contribution in [-0.4, -0.2) is 11.9 Å². The predicted octanol–water partition coefficient (Wildman–Crippen LogP) is 3.35. The molecular formula is C16H19FN2. The van der Waals surface area contributed by atoms with Gasteiger partial charge in [-0.2, -0.15) is 0 Å². The molecule has 2 aromatic rings. The minimum absolute atomic E-state index is 0.289. The Hall–Kier alpha value is -1.87. The summed E-state index contributed by atoms with van der Waals surface area (Å²) >= 11 is 0. The monoisotopic (exact) mass is 258 g/mol. The third-order valence-electron chi connectivity index (χ3n) is 3.12. The molecule has 0 aliphatic carbocycles. The van der Waals surface area contributed by atoms with Gasteiger partial charge in [0.1, 0.15) is 5.82 Å². The van der Waals surface area contributed by atoms with Crippen molar-refractivity contribution in [1.29, 1.82) is 0 Å². The molecule has 100 valence electrons. The zero-order valence-electron chi connectivity index (χ0n) is 11.4. The normalized spacial score (nSPS) is 10.9. The highest BCUT2D eigenvalue weighted by Gasteiger charge is 2.05. The van der Waals surface area contributed by atoms with E-state index in [-0.39, 0.29) is 5.82 Å². The Bertz CT molecular complexity index is 549. The molecule has 2 N–H and O–H groups in total. The number of nitrogens with two attached hydrogens (primary N) is 1. The number of anilines is 1. The van der Waals surface area contributed by atoms with E-state index < -0.39 is 0 Å². The number of rotatable bonds is 4. The summed E-state index contributed by atoms with van der Waals surface area (Å²) in [6.07, 6.45) is 0. The third-order valence-corrected chi connectivity index (χ3v) is 3.12. The molecule has 0 fully saturated rings. The average Bonchev–Trinajstić information content (AvgIpc) is 2.36. The van der Waals surface area contributed by atoms with Gasteiger partial charge < -0.3 is 5.73 Å². The standard InChI is InChI=1S/C16H19FN2/c1-12-3-5-13(6-4-12)10-19(2)11-14-7-8-15(17)9-16(14)18/h3-9H,10-11,18H2,1-2H3. The van der Waals surface area contributed by atoms with Crippen molar-refractivity contribution >= 4 is 5.69 Å². The van der Waals surface area contributed by atoms with Crippen molar-refractivity contribution in [3.8, 4) is 0 Å². The zero-order chi connectivity index (χ0) is 13.8. The molecule has 0 heterocycles. The van der Waals surface area contributed by atoms with Crippen LogP contribution in [-0.2, 0) is 13.1 Å². The molecule has 0 aromatic heterocycles. The van der Waals surface area contributed by atoms with E-state index >= 15 is 0 Å². The molecule has 2 aromatic carbocycles. The number of aryl methyl sites for hydroxylation is 1. The molecule has 0 saturated heterocycles. The topological polar surface area (TPSA) is 29.3 Å². The highest BCUT2D eigenvalue weighted by atomic mass is 19.1. The van der Waals surface area contributed by atoms with Crippen LogP contribution in [0.5, 0.6) is 0 Å². The average molecular weight is 258 g/mol. The third kappa shape index (κ3) is 3.80. The lowest BCUT2D eigenvalue weighted by Crippen LogP contribution is -2.18. The molecular weight excluding hydrogens is 239 g/mol. The second-order valence-corrected chi connectivity index (χ2v) is 5.00. The number of benzene rings is 2. The molecule has 0 aliphatic rings. The highest BCUT2D eigenvalue weighted by Crippen LogP contribution is 2.16. The predicted molar refractivity (Wildman–Crippen MR) is 77.2 cm³/mol. The van der Waals surface area contributed by atoms with Gasteiger partial charge in [-0.05, 0) is 37.2 Å². The van der Waals surface area contributed by atoms with Gasteiger partial charge in [0, 0.05) is 18.8 Å². The van der Waals surface area contributed by atoms with E-state index in [1.165, 1.54) is 23.3 Å². The van der Waals surface area contributed by atoms with Gasteiger partial charge in [0.05, 0.1) is 0 Å². The maximum absolute atomic E-state index is 13.0. The second-order valence-electron chi connectivity index (χ2n) is 5.00. The first kappa shape index (κ1) is 13.6. The molecule has 0 unspecified atom stereocenters. The van der Waals surface area contributed by atoms with Crippen LogP contribution < -0.4 is 5.73 Å². The lowest BCUT2D eigenvalue weighted by atomic mass is 10.1. The summed E-state index contributed by atoms with van der Waals surface area (Å²) < 4.78 is 13.0. The van der Waals surface area contributed by atoms with Crippen molar-refractivity contribution < 1.29 is 4.39 Å². The van der Waals surface area contributed by atoms with Crippen LogP contribution in [0.2, 0.25) is 0 Å². The van der Waals surface area contributed by atoms with Crippen LogP contribution in [0, 0.1) is 12.7 Å². The van der Waals surface area contributed by atoms with Crippen molar-refractivity contribution in [3.05, 3.63) is 65.0 Å². The van der Waals surface area contributed by atoms with Gasteiger partial charge in [0.15, 0.2) is 0 Å². The number of hydrogen-bond acceptors (Lipinski definition) is 2. The molecule has 0 spiro atoms. The summed E-state index contributed by atoms with van der Waals surface area (Å²) in [7, 11) is 2.03. The molecule has 0 aliphatic heterocycles. The number of hydrogen-bond donors (Lipinski definition) is 1. The molecule has 0 bridgehead atoms. The lowest BCUT2D eigenvalue weighted by molar-refractivity contribution is 0.319. The largest absolute Gasteiger partial charge is 0.398 e. The fraction of sp³-hybridized carbons (Fsp3) is 0.250. The molecule has 2 nitrogen and oxygen atoms in total. The zero-order valence-corrected chi connectivity index (χ0v) is 11.4. The fourth-order valence-electron chi connectivity index (χ4n) is 2.06.